The molecule has 2 aliphatic rings. The zero-order valence-electron chi connectivity index (χ0n) is 17.5. The van der Waals surface area contributed by atoms with E-state index in [0.717, 1.165) is 18.1 Å². The van der Waals surface area contributed by atoms with E-state index in [1.54, 1.807) is 41.4 Å². The van der Waals surface area contributed by atoms with E-state index in [1.165, 1.54) is 10.6 Å². The zero-order valence-corrected chi connectivity index (χ0v) is 17.5. The van der Waals surface area contributed by atoms with E-state index < -0.39 is 17.5 Å². The van der Waals surface area contributed by atoms with Crippen LogP contribution in [0.2, 0.25) is 0 Å². The lowest BCUT2D eigenvalue weighted by Gasteiger charge is -2.45. The fourth-order valence-corrected chi connectivity index (χ4v) is 4.62. The summed E-state index contributed by atoms with van der Waals surface area (Å²) in [7, 11) is 0. The molecule has 0 N–H and O–H groups in total. The van der Waals surface area contributed by atoms with Crippen molar-refractivity contribution in [3.05, 3.63) is 77.4 Å². The minimum absolute atomic E-state index is 0.176. The fourth-order valence-electron chi connectivity index (χ4n) is 4.62. The number of hydrogen-bond acceptors (Lipinski definition) is 3. The number of amides is 1. The number of carbonyl (C=O) groups is 1. The van der Waals surface area contributed by atoms with Crippen LogP contribution in [0, 0.1) is 0 Å². The summed E-state index contributed by atoms with van der Waals surface area (Å²) in [6.45, 7) is 2.75. The smallest absolute Gasteiger partial charge is 0.431 e. The summed E-state index contributed by atoms with van der Waals surface area (Å²) in [6, 6.07) is 13.0. The van der Waals surface area contributed by atoms with Crippen molar-refractivity contribution < 1.29 is 22.7 Å². The number of ether oxygens (including phenoxy) is 1. The maximum atomic E-state index is 13.7. The molecule has 3 aromatic rings. The topological polar surface area (TPSA) is 47.4 Å². The van der Waals surface area contributed by atoms with E-state index >= 15 is 0 Å². The quantitative estimate of drug-likeness (QED) is 0.564. The van der Waals surface area contributed by atoms with Gasteiger partial charge in [0.1, 0.15) is 17.1 Å². The van der Waals surface area contributed by atoms with E-state index in [1.807, 2.05) is 13.0 Å². The third kappa shape index (κ3) is 3.25. The molecule has 2 aliphatic heterocycles. The average molecular weight is 441 g/mol. The second-order valence-corrected chi connectivity index (χ2v) is 8.20. The summed E-state index contributed by atoms with van der Waals surface area (Å²) >= 11 is 0. The van der Waals surface area contributed by atoms with Crippen molar-refractivity contribution in [2.75, 3.05) is 13.1 Å². The summed E-state index contributed by atoms with van der Waals surface area (Å²) < 4.78 is 48.8. The molecule has 5 rings (SSSR count). The molecule has 1 amide bonds. The van der Waals surface area contributed by atoms with E-state index in [-0.39, 0.29) is 5.91 Å². The predicted octanol–water partition coefficient (Wildman–Crippen LogP) is 4.98. The molecule has 1 fully saturated rings. The normalized spacial score (nSPS) is 16.9. The molecule has 0 radical (unpaired) electrons. The molecule has 8 heteroatoms. The number of fused-ring (bicyclic) bond motifs is 4. The number of halogens is 3. The van der Waals surface area contributed by atoms with Gasteiger partial charge in [0.2, 0.25) is 0 Å². The number of carbonyl (C=O) groups excluding carboxylic acids is 1. The van der Waals surface area contributed by atoms with E-state index in [9.17, 15) is 18.0 Å². The number of pyridine rings is 1. The van der Waals surface area contributed by atoms with Crippen molar-refractivity contribution in [3.8, 4) is 11.4 Å². The van der Waals surface area contributed by atoms with Crippen LogP contribution in [-0.2, 0) is 18.2 Å². The number of benzene rings is 1. The third-order valence-electron chi connectivity index (χ3n) is 6.36. The number of hydrogen-bond donors (Lipinski definition) is 0. The maximum absolute atomic E-state index is 13.7. The summed E-state index contributed by atoms with van der Waals surface area (Å²) in [5, 5.41) is 0. The standard InChI is InChI=1S/C24H22F3N3O2/c1-2-16-7-8-17(28-15-16)22(31)29-13-11-23(12-14-29)20-9-10-21(24(25,26)27)30(20)18-5-3-4-6-19(18)32-23/h3-10,15H,2,11-14H2,1H3. The van der Waals surface area contributed by atoms with Crippen LogP contribution in [0.1, 0.15) is 47.2 Å². The van der Waals surface area contributed by atoms with Crippen molar-refractivity contribution in [1.29, 1.82) is 0 Å². The van der Waals surface area contributed by atoms with Crippen molar-refractivity contribution >= 4 is 5.91 Å². The van der Waals surface area contributed by atoms with Gasteiger partial charge in [-0.25, -0.2) is 0 Å². The molecule has 166 valence electrons. The Morgan fingerprint density at radius 1 is 1.09 bits per heavy atom. The van der Waals surface area contributed by atoms with E-state index in [0.29, 0.717) is 48.8 Å². The lowest BCUT2D eigenvalue weighted by atomic mass is 9.86. The summed E-state index contributed by atoms with van der Waals surface area (Å²) in [4.78, 5) is 18.9. The van der Waals surface area contributed by atoms with Crippen molar-refractivity contribution in [1.82, 2.24) is 14.5 Å². The predicted molar refractivity (Wildman–Crippen MR) is 112 cm³/mol. The van der Waals surface area contributed by atoms with Crippen LogP contribution in [0.3, 0.4) is 0 Å². The molecule has 4 heterocycles. The maximum Gasteiger partial charge on any atom is 0.431 e. The van der Waals surface area contributed by atoms with Crippen LogP contribution >= 0.6 is 0 Å². The highest BCUT2D eigenvalue weighted by atomic mass is 19.4. The fraction of sp³-hybridized carbons (Fsp3) is 0.333. The molecule has 32 heavy (non-hydrogen) atoms. The molecule has 0 aliphatic carbocycles. The SMILES string of the molecule is CCc1ccc(C(=O)N2CCC3(CC2)Oc2ccccc2-n2c(C(F)(F)F)ccc23)nc1. The minimum atomic E-state index is -4.49. The van der Waals surface area contributed by atoms with Crippen molar-refractivity contribution in [2.45, 2.75) is 38.0 Å². The number of aromatic nitrogens is 2. The number of rotatable bonds is 2. The first-order chi connectivity index (χ1) is 15.3. The van der Waals surface area contributed by atoms with Gasteiger partial charge in [-0.2, -0.15) is 13.2 Å². The molecule has 5 nitrogen and oxygen atoms in total. The van der Waals surface area contributed by atoms with E-state index in [4.69, 9.17) is 4.74 Å². The van der Waals surface area contributed by atoms with Gasteiger partial charge in [-0.05, 0) is 42.3 Å². The Morgan fingerprint density at radius 3 is 2.50 bits per heavy atom. The van der Waals surface area contributed by atoms with Crippen LogP contribution in [-0.4, -0.2) is 33.4 Å². The Hall–Kier alpha value is -3.29. The van der Waals surface area contributed by atoms with Gasteiger partial charge >= 0.3 is 6.18 Å². The highest BCUT2D eigenvalue weighted by molar-refractivity contribution is 5.92. The summed E-state index contributed by atoms with van der Waals surface area (Å²) in [6.07, 6.45) is -1.17. The molecular formula is C24H22F3N3O2. The van der Waals surface area contributed by atoms with Crippen molar-refractivity contribution in [2.24, 2.45) is 0 Å². The van der Waals surface area contributed by atoms with Crippen LogP contribution in [0.15, 0.2) is 54.7 Å². The minimum Gasteiger partial charge on any atom is -0.479 e. The van der Waals surface area contributed by atoms with Crippen LogP contribution in [0.5, 0.6) is 5.75 Å². The number of para-hydroxylation sites is 2. The number of aryl methyl sites for hydroxylation is 1. The first-order valence-electron chi connectivity index (χ1n) is 10.6. The molecular weight excluding hydrogens is 419 g/mol. The van der Waals surface area contributed by atoms with Gasteiger partial charge in [-0.3, -0.25) is 9.78 Å². The number of nitrogens with zero attached hydrogens (tertiary/aromatic N) is 3. The Kier molecular flexibility index (Phi) is 4.76. The van der Waals surface area contributed by atoms with Crippen molar-refractivity contribution in [3.63, 3.8) is 0 Å². The first-order valence-corrected chi connectivity index (χ1v) is 10.6. The molecule has 0 atom stereocenters. The average Bonchev–Trinajstić information content (AvgIpc) is 3.27. The molecule has 0 saturated carbocycles. The molecule has 2 aromatic heterocycles. The zero-order chi connectivity index (χ0) is 22.5. The number of likely N-dealkylation sites (tertiary alicyclic amines) is 1. The highest BCUT2D eigenvalue weighted by Crippen LogP contribution is 2.48. The molecule has 0 bridgehead atoms. The molecule has 1 saturated heterocycles. The third-order valence-corrected chi connectivity index (χ3v) is 6.36. The molecule has 0 unspecified atom stereocenters. The second-order valence-electron chi connectivity index (χ2n) is 8.20. The van der Waals surface area contributed by atoms with Gasteiger partial charge in [0.25, 0.3) is 5.91 Å². The lowest BCUT2D eigenvalue weighted by molar-refractivity contribution is -0.143. The van der Waals surface area contributed by atoms with E-state index in [2.05, 4.69) is 4.98 Å². The summed E-state index contributed by atoms with van der Waals surface area (Å²) in [5.74, 6) is 0.239. The Balaban J connectivity index is 1.45. The second kappa shape index (κ2) is 7.39. The molecule has 1 spiro atoms. The van der Waals surface area contributed by atoms with Gasteiger partial charge < -0.3 is 14.2 Å². The summed E-state index contributed by atoms with van der Waals surface area (Å²) in [5.41, 5.74) is 0.630. The Bertz CT molecular complexity index is 1160. The largest absolute Gasteiger partial charge is 0.479 e. The number of alkyl halides is 3. The van der Waals surface area contributed by atoms with Crippen LogP contribution < -0.4 is 4.74 Å². The van der Waals surface area contributed by atoms with Crippen LogP contribution in [0.25, 0.3) is 5.69 Å². The Labute approximate surface area is 183 Å². The van der Waals surface area contributed by atoms with Gasteiger partial charge in [-0.15, -0.1) is 0 Å². The first kappa shape index (κ1) is 20.6. The van der Waals surface area contributed by atoms with Gasteiger partial charge in [0.05, 0.1) is 11.4 Å². The highest BCUT2D eigenvalue weighted by Gasteiger charge is 2.48. The molecule has 1 aromatic carbocycles. The van der Waals surface area contributed by atoms with Crippen LogP contribution in [0.4, 0.5) is 13.2 Å². The van der Waals surface area contributed by atoms with Gasteiger partial charge in [-0.1, -0.05) is 25.1 Å². The monoisotopic (exact) mass is 441 g/mol. The number of piperidine rings is 1. The van der Waals surface area contributed by atoms with Gasteiger partial charge in [0.15, 0.2) is 5.60 Å². The lowest BCUT2D eigenvalue weighted by Crippen LogP contribution is -2.50. The Morgan fingerprint density at radius 2 is 1.84 bits per heavy atom. The van der Waals surface area contributed by atoms with Gasteiger partial charge in [0, 0.05) is 32.1 Å².